The fourth-order valence-corrected chi connectivity index (χ4v) is 1.14. The van der Waals surface area contributed by atoms with Crippen LogP contribution >= 0.6 is 0 Å². The van der Waals surface area contributed by atoms with Crippen LogP contribution in [0.5, 0.6) is 0 Å². The van der Waals surface area contributed by atoms with Crippen LogP contribution < -0.4 is 0 Å². The first-order chi connectivity index (χ1) is 5.74. The molecule has 12 heavy (non-hydrogen) atoms. The molecule has 0 aliphatic heterocycles. The molecule has 0 fully saturated rings. The van der Waals surface area contributed by atoms with E-state index in [1.165, 1.54) is 6.08 Å². The van der Waals surface area contributed by atoms with Crippen molar-refractivity contribution in [3.8, 4) is 0 Å². The Morgan fingerprint density at radius 3 is 2.83 bits per heavy atom. The highest BCUT2D eigenvalue weighted by atomic mass is 16.1. The van der Waals surface area contributed by atoms with Crippen molar-refractivity contribution in [2.75, 3.05) is 0 Å². The summed E-state index contributed by atoms with van der Waals surface area (Å²) in [4.78, 5) is 10.9. The van der Waals surface area contributed by atoms with Crippen LogP contribution in [0.1, 0.15) is 26.2 Å². The van der Waals surface area contributed by atoms with E-state index in [2.05, 4.69) is 6.92 Å². The third-order valence-corrected chi connectivity index (χ3v) is 1.88. The topological polar surface area (TPSA) is 40.9 Å². The third kappa shape index (κ3) is 2.16. The predicted octanol–water partition coefficient (Wildman–Crippen LogP) is 2.26. The molecule has 2 heteroatoms. The van der Waals surface area contributed by atoms with Crippen LogP contribution in [0.25, 0.3) is 0 Å². The zero-order valence-corrected chi connectivity index (χ0v) is 7.26. The van der Waals surface area contributed by atoms with Gasteiger partial charge in [0, 0.05) is 0 Å². The molecule has 1 N–H and O–H groups in total. The summed E-state index contributed by atoms with van der Waals surface area (Å²) in [5.41, 5.74) is 1.37. The molecular weight excluding hydrogens is 150 g/mol. The van der Waals surface area contributed by atoms with E-state index in [9.17, 15) is 4.79 Å². The van der Waals surface area contributed by atoms with E-state index in [0.29, 0.717) is 5.71 Å². The van der Waals surface area contributed by atoms with Gasteiger partial charge in [0.1, 0.15) is 0 Å². The zero-order chi connectivity index (χ0) is 8.97. The molecule has 0 aromatic heterocycles. The molecule has 1 aliphatic rings. The molecule has 0 amide bonds. The van der Waals surface area contributed by atoms with Crippen LogP contribution in [0.3, 0.4) is 0 Å². The van der Waals surface area contributed by atoms with E-state index in [1.54, 1.807) is 12.2 Å². The summed E-state index contributed by atoms with van der Waals surface area (Å²) in [6.07, 6.45) is 7.59. The second-order valence-electron chi connectivity index (χ2n) is 2.92. The monoisotopic (exact) mass is 163 g/mol. The maximum atomic E-state index is 10.9. The molecule has 64 valence electrons. The van der Waals surface area contributed by atoms with E-state index < -0.39 is 0 Å². The van der Waals surface area contributed by atoms with Gasteiger partial charge in [0.2, 0.25) is 0 Å². The molecule has 0 heterocycles. The number of ketones is 1. The van der Waals surface area contributed by atoms with E-state index in [0.717, 1.165) is 24.8 Å². The van der Waals surface area contributed by atoms with Gasteiger partial charge < -0.3 is 5.41 Å². The lowest BCUT2D eigenvalue weighted by Gasteiger charge is -2.07. The molecule has 0 bridgehead atoms. The van der Waals surface area contributed by atoms with Crippen LogP contribution in [0.15, 0.2) is 23.8 Å². The van der Waals surface area contributed by atoms with Gasteiger partial charge in [-0.2, -0.15) is 0 Å². The Bertz CT molecular complexity index is 261. The van der Waals surface area contributed by atoms with Gasteiger partial charge in [-0.1, -0.05) is 13.3 Å². The van der Waals surface area contributed by atoms with Gasteiger partial charge in [-0.15, -0.1) is 0 Å². The second-order valence-corrected chi connectivity index (χ2v) is 2.92. The van der Waals surface area contributed by atoms with Crippen LogP contribution in [-0.2, 0) is 4.79 Å². The van der Waals surface area contributed by atoms with Crippen LogP contribution in [0, 0.1) is 5.41 Å². The number of hydrogen-bond donors (Lipinski definition) is 1. The van der Waals surface area contributed by atoms with Crippen LogP contribution in [0.2, 0.25) is 0 Å². The first kappa shape index (κ1) is 8.91. The number of unbranched alkanes of at least 4 members (excludes halogenated alkanes) is 1. The molecule has 1 aliphatic carbocycles. The smallest absolute Gasteiger partial charge is 0.179 e. The minimum atomic E-state index is 0.0112. The normalized spacial score (nSPS) is 16.6. The summed E-state index contributed by atoms with van der Waals surface area (Å²) in [6.45, 7) is 2.10. The van der Waals surface area contributed by atoms with Crippen molar-refractivity contribution < 1.29 is 4.79 Å². The first-order valence-corrected chi connectivity index (χ1v) is 4.25. The van der Waals surface area contributed by atoms with Gasteiger partial charge in [0.15, 0.2) is 5.78 Å². The number of nitrogens with one attached hydrogen (secondary N) is 1. The average Bonchev–Trinajstić information content (AvgIpc) is 2.07. The SMILES string of the molecule is CCCCC1=CC(=O)C=CC1=N. The summed E-state index contributed by atoms with van der Waals surface area (Å²) in [5.74, 6) is 0.0112. The van der Waals surface area contributed by atoms with Gasteiger partial charge in [-0.3, -0.25) is 4.79 Å². The van der Waals surface area contributed by atoms with Crippen LogP contribution in [0.4, 0.5) is 0 Å². The number of carbonyl (C=O) groups is 1. The first-order valence-electron chi connectivity index (χ1n) is 4.25. The molecule has 0 saturated carbocycles. The summed E-state index contributed by atoms with van der Waals surface area (Å²) < 4.78 is 0. The van der Waals surface area contributed by atoms with Crippen LogP contribution in [-0.4, -0.2) is 11.5 Å². The third-order valence-electron chi connectivity index (χ3n) is 1.88. The van der Waals surface area contributed by atoms with Gasteiger partial charge in [-0.25, -0.2) is 0 Å². The molecule has 0 atom stereocenters. The van der Waals surface area contributed by atoms with Crippen molar-refractivity contribution in [2.24, 2.45) is 0 Å². The Morgan fingerprint density at radius 1 is 1.42 bits per heavy atom. The van der Waals surface area contributed by atoms with Crippen molar-refractivity contribution in [2.45, 2.75) is 26.2 Å². The van der Waals surface area contributed by atoms with Gasteiger partial charge in [0.25, 0.3) is 0 Å². The minimum absolute atomic E-state index is 0.0112. The maximum Gasteiger partial charge on any atom is 0.179 e. The minimum Gasteiger partial charge on any atom is -0.301 e. The lowest BCUT2D eigenvalue weighted by atomic mass is 9.98. The van der Waals surface area contributed by atoms with Gasteiger partial charge in [0.05, 0.1) is 5.71 Å². The second kappa shape index (κ2) is 4.00. The van der Waals surface area contributed by atoms with Crippen molar-refractivity contribution in [3.05, 3.63) is 23.8 Å². The highest BCUT2D eigenvalue weighted by Crippen LogP contribution is 2.12. The number of rotatable bonds is 3. The lowest BCUT2D eigenvalue weighted by molar-refractivity contribution is -0.110. The summed E-state index contributed by atoms with van der Waals surface area (Å²) in [7, 11) is 0. The van der Waals surface area contributed by atoms with Crippen molar-refractivity contribution in [1.29, 1.82) is 5.41 Å². The van der Waals surface area contributed by atoms with Gasteiger partial charge >= 0.3 is 0 Å². The fraction of sp³-hybridized carbons (Fsp3) is 0.400. The highest BCUT2D eigenvalue weighted by Gasteiger charge is 2.08. The van der Waals surface area contributed by atoms with E-state index in [4.69, 9.17) is 5.41 Å². The molecule has 0 aromatic carbocycles. The summed E-state index contributed by atoms with van der Waals surface area (Å²) in [6, 6.07) is 0. The molecule has 1 rings (SSSR count). The Labute approximate surface area is 72.5 Å². The Morgan fingerprint density at radius 2 is 2.17 bits per heavy atom. The predicted molar refractivity (Wildman–Crippen MR) is 49.5 cm³/mol. The molecule has 0 aromatic rings. The molecular formula is C10H13NO. The largest absolute Gasteiger partial charge is 0.301 e. The van der Waals surface area contributed by atoms with Crippen molar-refractivity contribution >= 4 is 11.5 Å². The molecule has 0 saturated heterocycles. The molecule has 0 spiro atoms. The zero-order valence-electron chi connectivity index (χ0n) is 7.26. The standard InChI is InChI=1S/C10H13NO/c1-2-3-4-8-7-9(12)5-6-10(8)11/h5-7,11H,2-4H2,1H3. The van der Waals surface area contributed by atoms with Crippen molar-refractivity contribution in [3.63, 3.8) is 0 Å². The number of allylic oxidation sites excluding steroid dienone is 4. The van der Waals surface area contributed by atoms with Crippen molar-refractivity contribution in [1.82, 2.24) is 0 Å². The van der Waals surface area contributed by atoms with E-state index in [-0.39, 0.29) is 5.78 Å². The summed E-state index contributed by atoms with van der Waals surface area (Å²) >= 11 is 0. The molecule has 2 nitrogen and oxygen atoms in total. The summed E-state index contributed by atoms with van der Waals surface area (Å²) in [5, 5.41) is 7.51. The highest BCUT2D eigenvalue weighted by molar-refractivity contribution is 6.18. The van der Waals surface area contributed by atoms with E-state index >= 15 is 0 Å². The number of hydrogen-bond acceptors (Lipinski definition) is 2. The van der Waals surface area contributed by atoms with E-state index in [1.807, 2.05) is 0 Å². The average molecular weight is 163 g/mol. The lowest BCUT2D eigenvalue weighted by Crippen LogP contribution is -2.06. The van der Waals surface area contributed by atoms with Gasteiger partial charge in [-0.05, 0) is 36.6 Å². The molecule has 0 radical (unpaired) electrons. The Balaban J connectivity index is 2.62. The Hall–Kier alpha value is -1.18. The maximum absolute atomic E-state index is 10.9. The molecule has 0 unspecified atom stereocenters. The fourth-order valence-electron chi connectivity index (χ4n) is 1.14. The quantitative estimate of drug-likeness (QED) is 0.637. The Kier molecular flexibility index (Phi) is 2.97. The number of carbonyl (C=O) groups excluding carboxylic acids is 1.